The molecule has 5 N–H and O–H groups in total. The average molecular weight is 387 g/mol. The van der Waals surface area contributed by atoms with Gasteiger partial charge in [-0.15, -0.1) is 0 Å². The summed E-state index contributed by atoms with van der Waals surface area (Å²) in [7, 11) is 0. The maximum Gasteiger partial charge on any atom is 0.387 e. The van der Waals surface area contributed by atoms with Crippen LogP contribution >= 0.6 is 0 Å². The largest absolute Gasteiger partial charge is 0.431 e. The molecule has 2 aromatic rings. The SMILES string of the molecule is CC(C)C(/C(N)=C/NN)c1ccc2cc(OC(F)F)c(OC(F)F)cc2c1. The Bertz CT molecular complexity index is 813. The standard InChI is InChI=1S/C18H21F4N3O2/c1-9(2)16(13(23)8-25-24)11-4-3-10-6-14(26-17(19)20)15(27-18(21)22)7-12(10)5-11/h3-9,16-18,25H,23-24H2,1-2H3/b13-8-. The zero-order chi connectivity index (χ0) is 20.1. The van der Waals surface area contributed by atoms with E-state index in [9.17, 15) is 17.6 Å². The van der Waals surface area contributed by atoms with Gasteiger partial charge >= 0.3 is 13.2 Å². The normalized spacial score (nSPS) is 13.5. The Hall–Kier alpha value is -2.68. The van der Waals surface area contributed by atoms with Crippen LogP contribution < -0.4 is 26.5 Å². The molecule has 148 valence electrons. The Labute approximate surface area is 153 Å². The van der Waals surface area contributed by atoms with Crippen LogP contribution in [0.5, 0.6) is 11.5 Å². The number of fused-ring (bicyclic) bond motifs is 1. The Kier molecular flexibility index (Phi) is 6.73. The van der Waals surface area contributed by atoms with Crippen molar-refractivity contribution >= 4 is 10.8 Å². The number of nitrogens with two attached hydrogens (primary N) is 2. The molecule has 0 aliphatic rings. The van der Waals surface area contributed by atoms with Gasteiger partial charge in [0, 0.05) is 17.8 Å². The highest BCUT2D eigenvalue weighted by Gasteiger charge is 2.21. The third-order valence-corrected chi connectivity index (χ3v) is 3.99. The Morgan fingerprint density at radius 1 is 0.963 bits per heavy atom. The van der Waals surface area contributed by atoms with E-state index in [1.165, 1.54) is 18.3 Å². The Morgan fingerprint density at radius 3 is 2.00 bits per heavy atom. The van der Waals surface area contributed by atoms with Crippen molar-refractivity contribution in [2.45, 2.75) is 33.0 Å². The van der Waals surface area contributed by atoms with Gasteiger partial charge in [0.2, 0.25) is 0 Å². The van der Waals surface area contributed by atoms with E-state index in [0.29, 0.717) is 16.5 Å². The van der Waals surface area contributed by atoms with Crippen molar-refractivity contribution in [3.8, 4) is 11.5 Å². The molecular weight excluding hydrogens is 366 g/mol. The lowest BCUT2D eigenvalue weighted by Crippen LogP contribution is -2.22. The molecule has 2 rings (SSSR count). The molecule has 0 aliphatic heterocycles. The van der Waals surface area contributed by atoms with Gasteiger partial charge in [-0.3, -0.25) is 5.84 Å². The lowest BCUT2D eigenvalue weighted by atomic mass is 9.85. The molecule has 1 unspecified atom stereocenters. The van der Waals surface area contributed by atoms with Crippen LogP contribution in [-0.2, 0) is 0 Å². The highest BCUT2D eigenvalue weighted by atomic mass is 19.3. The van der Waals surface area contributed by atoms with Gasteiger partial charge in [0.15, 0.2) is 11.5 Å². The second kappa shape index (κ2) is 8.81. The van der Waals surface area contributed by atoms with E-state index >= 15 is 0 Å². The highest BCUT2D eigenvalue weighted by molar-refractivity contribution is 5.87. The molecule has 27 heavy (non-hydrogen) atoms. The smallest absolute Gasteiger partial charge is 0.387 e. The van der Waals surface area contributed by atoms with Crippen molar-refractivity contribution in [2.24, 2.45) is 17.5 Å². The molecule has 1 atom stereocenters. The second-order valence-corrected chi connectivity index (χ2v) is 6.20. The maximum absolute atomic E-state index is 12.6. The minimum atomic E-state index is -3.18. The highest BCUT2D eigenvalue weighted by Crippen LogP contribution is 2.37. The molecule has 0 saturated heterocycles. The zero-order valence-electron chi connectivity index (χ0n) is 14.8. The summed E-state index contributed by atoms with van der Waals surface area (Å²) in [6, 6.07) is 7.66. The first-order valence-corrected chi connectivity index (χ1v) is 8.12. The van der Waals surface area contributed by atoms with Crippen LogP contribution in [0.1, 0.15) is 25.3 Å². The molecular formula is C18H21F4N3O2. The Morgan fingerprint density at radius 2 is 1.52 bits per heavy atom. The fourth-order valence-corrected chi connectivity index (χ4v) is 2.99. The van der Waals surface area contributed by atoms with E-state index in [2.05, 4.69) is 14.9 Å². The van der Waals surface area contributed by atoms with Gasteiger partial charge in [0.1, 0.15) is 0 Å². The average Bonchev–Trinajstić information content (AvgIpc) is 2.54. The van der Waals surface area contributed by atoms with Crippen molar-refractivity contribution < 1.29 is 27.0 Å². The molecule has 0 aliphatic carbocycles. The zero-order valence-corrected chi connectivity index (χ0v) is 14.8. The molecule has 2 aromatic carbocycles. The number of hydrazine groups is 1. The fourth-order valence-electron chi connectivity index (χ4n) is 2.99. The minimum Gasteiger partial charge on any atom is -0.431 e. The summed E-state index contributed by atoms with van der Waals surface area (Å²) in [5.74, 6) is 4.28. The van der Waals surface area contributed by atoms with E-state index in [1.807, 2.05) is 13.8 Å². The summed E-state index contributed by atoms with van der Waals surface area (Å²) in [4.78, 5) is 0. The van der Waals surface area contributed by atoms with Gasteiger partial charge in [0.25, 0.3) is 0 Å². The summed E-state index contributed by atoms with van der Waals surface area (Å²) in [5, 5.41) is 1.04. The van der Waals surface area contributed by atoms with Crippen LogP contribution in [-0.4, -0.2) is 13.2 Å². The van der Waals surface area contributed by atoms with E-state index in [1.54, 1.807) is 18.2 Å². The van der Waals surface area contributed by atoms with Gasteiger partial charge in [-0.1, -0.05) is 32.0 Å². The maximum atomic E-state index is 12.6. The van der Waals surface area contributed by atoms with Gasteiger partial charge in [-0.05, 0) is 34.4 Å². The number of ether oxygens (including phenoxy) is 2. The monoisotopic (exact) mass is 387 g/mol. The molecule has 5 nitrogen and oxygen atoms in total. The van der Waals surface area contributed by atoms with Crippen LogP contribution in [0.2, 0.25) is 0 Å². The number of alkyl halides is 4. The van der Waals surface area contributed by atoms with Crippen LogP contribution in [0.3, 0.4) is 0 Å². The van der Waals surface area contributed by atoms with Crippen molar-refractivity contribution in [3.05, 3.63) is 47.8 Å². The van der Waals surface area contributed by atoms with Crippen LogP contribution in [0.15, 0.2) is 42.2 Å². The third kappa shape index (κ3) is 5.16. The molecule has 0 bridgehead atoms. The van der Waals surface area contributed by atoms with E-state index in [0.717, 1.165) is 5.56 Å². The lowest BCUT2D eigenvalue weighted by Gasteiger charge is -2.22. The number of halogens is 4. The number of allylic oxidation sites excluding steroid dienone is 1. The molecule has 0 heterocycles. The Balaban J connectivity index is 2.55. The summed E-state index contributed by atoms with van der Waals surface area (Å²) >= 11 is 0. The van der Waals surface area contributed by atoms with Crippen molar-refractivity contribution in [2.75, 3.05) is 0 Å². The van der Waals surface area contributed by atoms with Crippen molar-refractivity contribution in [1.29, 1.82) is 0 Å². The van der Waals surface area contributed by atoms with E-state index in [4.69, 9.17) is 11.6 Å². The molecule has 0 saturated carbocycles. The molecule has 9 heteroatoms. The first-order chi connectivity index (χ1) is 12.7. The number of rotatable bonds is 8. The number of hydrogen-bond donors (Lipinski definition) is 3. The van der Waals surface area contributed by atoms with Gasteiger partial charge in [-0.25, -0.2) is 0 Å². The van der Waals surface area contributed by atoms with E-state index < -0.39 is 24.7 Å². The topological polar surface area (TPSA) is 82.5 Å². The van der Waals surface area contributed by atoms with Crippen LogP contribution in [0.25, 0.3) is 10.8 Å². The van der Waals surface area contributed by atoms with Crippen molar-refractivity contribution in [1.82, 2.24) is 5.43 Å². The first kappa shape index (κ1) is 20.6. The lowest BCUT2D eigenvalue weighted by molar-refractivity contribution is -0.0690. The second-order valence-electron chi connectivity index (χ2n) is 6.20. The number of benzene rings is 2. The molecule has 0 fully saturated rings. The van der Waals surface area contributed by atoms with E-state index in [-0.39, 0.29) is 11.8 Å². The molecule has 0 spiro atoms. The van der Waals surface area contributed by atoms with Crippen LogP contribution in [0, 0.1) is 5.92 Å². The number of hydrogen-bond acceptors (Lipinski definition) is 5. The predicted octanol–water partition coefficient (Wildman–Crippen LogP) is 4.05. The molecule has 0 amide bonds. The summed E-state index contributed by atoms with van der Waals surface area (Å²) in [6.07, 6.45) is 1.47. The summed E-state index contributed by atoms with van der Waals surface area (Å²) in [5.41, 5.74) is 9.77. The predicted molar refractivity (Wildman–Crippen MR) is 94.4 cm³/mol. The van der Waals surface area contributed by atoms with Crippen molar-refractivity contribution in [3.63, 3.8) is 0 Å². The summed E-state index contributed by atoms with van der Waals surface area (Å²) in [6.45, 7) is -2.41. The first-order valence-electron chi connectivity index (χ1n) is 8.12. The van der Waals surface area contributed by atoms with Crippen LogP contribution in [0.4, 0.5) is 17.6 Å². The molecule has 0 aromatic heterocycles. The fraction of sp³-hybridized carbons (Fsp3) is 0.333. The molecule has 0 radical (unpaired) electrons. The third-order valence-electron chi connectivity index (χ3n) is 3.99. The van der Waals surface area contributed by atoms with Gasteiger partial charge in [-0.2, -0.15) is 17.6 Å². The van der Waals surface area contributed by atoms with Gasteiger partial charge < -0.3 is 20.6 Å². The minimum absolute atomic E-state index is 0.116. The quantitative estimate of drug-likeness (QED) is 0.362. The summed E-state index contributed by atoms with van der Waals surface area (Å²) < 4.78 is 59.0. The van der Waals surface area contributed by atoms with Gasteiger partial charge in [0.05, 0.1) is 0 Å². The number of nitrogens with one attached hydrogen (secondary N) is 1.